The van der Waals surface area contributed by atoms with Gasteiger partial charge in [-0.1, -0.05) is 52.9 Å². The molecule has 0 unspecified atom stereocenters. The molecule has 0 aromatic heterocycles. The van der Waals surface area contributed by atoms with E-state index in [4.69, 9.17) is 9.47 Å². The van der Waals surface area contributed by atoms with Gasteiger partial charge in [0, 0.05) is 6.61 Å². The summed E-state index contributed by atoms with van der Waals surface area (Å²) in [7, 11) is 0. The van der Waals surface area contributed by atoms with Crippen LogP contribution in [0.1, 0.15) is 59.3 Å². The average Bonchev–Trinajstić information content (AvgIpc) is 3.16. The summed E-state index contributed by atoms with van der Waals surface area (Å²) in [6.07, 6.45) is 8.42. The Labute approximate surface area is 107 Å². The van der Waals surface area contributed by atoms with Crippen molar-refractivity contribution in [2.24, 2.45) is 11.8 Å². The van der Waals surface area contributed by atoms with Gasteiger partial charge in [0.1, 0.15) is 6.10 Å². The van der Waals surface area contributed by atoms with Gasteiger partial charge in [0.25, 0.3) is 0 Å². The lowest BCUT2D eigenvalue weighted by Crippen LogP contribution is -2.15. The van der Waals surface area contributed by atoms with Crippen molar-refractivity contribution < 1.29 is 9.47 Å². The van der Waals surface area contributed by atoms with E-state index in [1.54, 1.807) is 0 Å². The lowest BCUT2D eigenvalue weighted by Gasteiger charge is -2.21. The van der Waals surface area contributed by atoms with Gasteiger partial charge in [-0.3, -0.25) is 0 Å². The zero-order chi connectivity index (χ0) is 12.5. The van der Waals surface area contributed by atoms with E-state index in [1.165, 1.54) is 38.5 Å². The smallest absolute Gasteiger partial charge is 0.104 e. The highest BCUT2D eigenvalue weighted by atomic mass is 16.6. The SMILES string of the molecule is CCCC[C@H](CC)C[C@@H](CC)COC[C@H]1CO1. The second-order valence-corrected chi connectivity index (χ2v) is 5.42. The first-order valence-electron chi connectivity index (χ1n) is 7.49. The lowest BCUT2D eigenvalue weighted by molar-refractivity contribution is 0.0754. The topological polar surface area (TPSA) is 21.8 Å². The van der Waals surface area contributed by atoms with Crippen molar-refractivity contribution in [1.29, 1.82) is 0 Å². The van der Waals surface area contributed by atoms with Gasteiger partial charge in [-0.15, -0.1) is 0 Å². The highest BCUT2D eigenvalue weighted by Gasteiger charge is 2.23. The Morgan fingerprint density at radius 3 is 2.41 bits per heavy atom. The Bertz CT molecular complexity index is 178. The average molecular weight is 242 g/mol. The highest BCUT2D eigenvalue weighted by molar-refractivity contribution is 4.69. The van der Waals surface area contributed by atoms with Crippen LogP contribution in [0.5, 0.6) is 0 Å². The van der Waals surface area contributed by atoms with E-state index in [2.05, 4.69) is 20.8 Å². The van der Waals surface area contributed by atoms with E-state index in [9.17, 15) is 0 Å². The molecule has 0 N–H and O–H groups in total. The minimum atomic E-state index is 0.412. The fourth-order valence-electron chi connectivity index (χ4n) is 2.34. The molecule has 0 spiro atoms. The van der Waals surface area contributed by atoms with Gasteiger partial charge in [0.05, 0.1) is 13.2 Å². The summed E-state index contributed by atoms with van der Waals surface area (Å²) >= 11 is 0. The van der Waals surface area contributed by atoms with Crippen molar-refractivity contribution in [3.8, 4) is 0 Å². The Balaban J connectivity index is 2.12. The molecule has 1 heterocycles. The van der Waals surface area contributed by atoms with E-state index in [0.717, 1.165) is 31.7 Å². The number of epoxide rings is 1. The molecule has 0 bridgehead atoms. The van der Waals surface area contributed by atoms with Crippen LogP contribution >= 0.6 is 0 Å². The molecule has 1 rings (SSSR count). The van der Waals surface area contributed by atoms with Gasteiger partial charge >= 0.3 is 0 Å². The maximum absolute atomic E-state index is 5.74. The molecule has 1 aliphatic rings. The molecule has 2 nitrogen and oxygen atoms in total. The number of hydrogen-bond donors (Lipinski definition) is 0. The number of hydrogen-bond acceptors (Lipinski definition) is 2. The van der Waals surface area contributed by atoms with E-state index < -0.39 is 0 Å². The summed E-state index contributed by atoms with van der Waals surface area (Å²) in [5.41, 5.74) is 0. The first-order valence-corrected chi connectivity index (χ1v) is 7.49. The zero-order valence-corrected chi connectivity index (χ0v) is 11.9. The Morgan fingerprint density at radius 2 is 1.88 bits per heavy atom. The van der Waals surface area contributed by atoms with E-state index in [0.29, 0.717) is 6.10 Å². The lowest BCUT2D eigenvalue weighted by atomic mass is 9.88. The first kappa shape index (κ1) is 15.0. The molecule has 0 aromatic rings. The Kier molecular flexibility index (Phi) is 7.87. The third-order valence-corrected chi connectivity index (χ3v) is 3.85. The second kappa shape index (κ2) is 8.93. The standard InChI is InChI=1S/C15H30O2/c1-4-7-8-13(5-2)9-14(6-3)10-16-11-15-12-17-15/h13-15H,4-12H2,1-3H3/t13-,14+,15-/m0/s1. The molecule has 0 aromatic carbocycles. The normalized spacial score (nSPS) is 22.4. The third-order valence-electron chi connectivity index (χ3n) is 3.85. The quantitative estimate of drug-likeness (QED) is 0.510. The first-order chi connectivity index (χ1) is 8.30. The molecule has 2 heteroatoms. The zero-order valence-electron chi connectivity index (χ0n) is 11.9. The van der Waals surface area contributed by atoms with Crippen LogP contribution in [0.25, 0.3) is 0 Å². The van der Waals surface area contributed by atoms with Crippen LogP contribution in [-0.2, 0) is 9.47 Å². The van der Waals surface area contributed by atoms with Gasteiger partial charge in [-0.05, 0) is 18.3 Å². The number of unbranched alkanes of at least 4 members (excludes halogenated alkanes) is 1. The molecular formula is C15H30O2. The number of ether oxygens (including phenoxy) is 2. The summed E-state index contributed by atoms with van der Waals surface area (Å²) in [6, 6.07) is 0. The van der Waals surface area contributed by atoms with Crippen molar-refractivity contribution in [3.05, 3.63) is 0 Å². The van der Waals surface area contributed by atoms with Gasteiger partial charge < -0.3 is 9.47 Å². The van der Waals surface area contributed by atoms with Crippen molar-refractivity contribution in [2.45, 2.75) is 65.4 Å². The molecule has 0 saturated carbocycles. The molecule has 0 radical (unpaired) electrons. The van der Waals surface area contributed by atoms with Crippen LogP contribution in [0.2, 0.25) is 0 Å². The van der Waals surface area contributed by atoms with Crippen molar-refractivity contribution >= 4 is 0 Å². The molecular weight excluding hydrogens is 212 g/mol. The fourth-order valence-corrected chi connectivity index (χ4v) is 2.34. The van der Waals surface area contributed by atoms with Crippen molar-refractivity contribution in [2.75, 3.05) is 19.8 Å². The van der Waals surface area contributed by atoms with Crippen molar-refractivity contribution in [3.63, 3.8) is 0 Å². The predicted molar refractivity (Wildman–Crippen MR) is 72.3 cm³/mol. The molecule has 1 fully saturated rings. The van der Waals surface area contributed by atoms with Crippen LogP contribution in [-0.4, -0.2) is 25.9 Å². The molecule has 3 atom stereocenters. The Morgan fingerprint density at radius 1 is 1.18 bits per heavy atom. The van der Waals surface area contributed by atoms with Gasteiger partial charge in [-0.25, -0.2) is 0 Å². The van der Waals surface area contributed by atoms with E-state index in [1.807, 2.05) is 0 Å². The third kappa shape index (κ3) is 7.05. The molecule has 102 valence electrons. The van der Waals surface area contributed by atoms with Crippen LogP contribution < -0.4 is 0 Å². The molecule has 0 aliphatic carbocycles. The second-order valence-electron chi connectivity index (χ2n) is 5.42. The molecule has 1 saturated heterocycles. The van der Waals surface area contributed by atoms with E-state index >= 15 is 0 Å². The van der Waals surface area contributed by atoms with Gasteiger partial charge in [-0.2, -0.15) is 0 Å². The van der Waals surface area contributed by atoms with Gasteiger partial charge in [0.15, 0.2) is 0 Å². The largest absolute Gasteiger partial charge is 0.378 e. The molecule has 1 aliphatic heterocycles. The minimum Gasteiger partial charge on any atom is -0.378 e. The van der Waals surface area contributed by atoms with Crippen molar-refractivity contribution in [1.82, 2.24) is 0 Å². The van der Waals surface area contributed by atoms with E-state index in [-0.39, 0.29) is 0 Å². The maximum Gasteiger partial charge on any atom is 0.104 e. The fraction of sp³-hybridized carbons (Fsp3) is 1.00. The Hall–Kier alpha value is -0.0800. The van der Waals surface area contributed by atoms with Crippen LogP contribution in [0, 0.1) is 11.8 Å². The minimum absolute atomic E-state index is 0.412. The van der Waals surface area contributed by atoms with Crippen LogP contribution in [0.4, 0.5) is 0 Å². The van der Waals surface area contributed by atoms with Gasteiger partial charge in [0.2, 0.25) is 0 Å². The monoisotopic (exact) mass is 242 g/mol. The molecule has 17 heavy (non-hydrogen) atoms. The molecule has 0 amide bonds. The summed E-state index contributed by atoms with van der Waals surface area (Å²) in [4.78, 5) is 0. The summed E-state index contributed by atoms with van der Waals surface area (Å²) in [6.45, 7) is 9.54. The summed E-state index contributed by atoms with van der Waals surface area (Å²) in [5.74, 6) is 1.65. The highest BCUT2D eigenvalue weighted by Crippen LogP contribution is 2.24. The summed E-state index contributed by atoms with van der Waals surface area (Å²) < 4.78 is 10.9. The van der Waals surface area contributed by atoms with Crippen LogP contribution in [0.3, 0.4) is 0 Å². The number of rotatable bonds is 11. The van der Waals surface area contributed by atoms with Crippen LogP contribution in [0.15, 0.2) is 0 Å². The predicted octanol–water partition coefficient (Wildman–Crippen LogP) is 4.03. The maximum atomic E-state index is 5.74. The summed E-state index contributed by atoms with van der Waals surface area (Å²) in [5, 5.41) is 0.